The lowest BCUT2D eigenvalue weighted by Gasteiger charge is -2.34. The van der Waals surface area contributed by atoms with E-state index in [1.165, 1.54) is 18.2 Å². The number of likely N-dealkylation sites (tertiary alicyclic amines) is 1. The standard InChI is InChI=1S/C13H16BrNO3/c1-8-4-5-15(7-11(8)14)13(18)10-6-9(16)2-3-12(10)17/h2-3,6,8,11,16-17H,4-5,7H2,1H3. The molecular formula is C13H16BrNO3. The van der Waals surface area contributed by atoms with Crippen molar-refractivity contribution < 1.29 is 15.0 Å². The van der Waals surface area contributed by atoms with E-state index in [1.807, 2.05) is 0 Å². The Bertz CT molecular complexity index is 464. The second-order valence-corrected chi connectivity index (χ2v) is 5.91. The topological polar surface area (TPSA) is 60.8 Å². The fourth-order valence-corrected chi connectivity index (χ4v) is 2.69. The van der Waals surface area contributed by atoms with Crippen LogP contribution in [-0.2, 0) is 0 Å². The molecule has 0 aliphatic carbocycles. The zero-order valence-electron chi connectivity index (χ0n) is 10.1. The van der Waals surface area contributed by atoms with Crippen molar-refractivity contribution in [3.63, 3.8) is 0 Å². The van der Waals surface area contributed by atoms with Crippen LogP contribution in [0.3, 0.4) is 0 Å². The number of benzene rings is 1. The number of hydrogen-bond donors (Lipinski definition) is 2. The number of phenolic OH excluding ortho intramolecular Hbond substituents is 2. The summed E-state index contributed by atoms with van der Waals surface area (Å²) in [5, 5.41) is 19.1. The van der Waals surface area contributed by atoms with Gasteiger partial charge in [0.1, 0.15) is 11.5 Å². The third-order valence-corrected chi connectivity index (χ3v) is 4.56. The molecule has 1 aromatic rings. The van der Waals surface area contributed by atoms with E-state index < -0.39 is 0 Å². The predicted octanol–water partition coefficient (Wildman–Crippen LogP) is 2.34. The van der Waals surface area contributed by atoms with E-state index in [9.17, 15) is 15.0 Å². The number of halogens is 1. The van der Waals surface area contributed by atoms with E-state index in [0.717, 1.165) is 6.42 Å². The largest absolute Gasteiger partial charge is 0.508 e. The maximum atomic E-state index is 12.3. The monoisotopic (exact) mass is 313 g/mol. The van der Waals surface area contributed by atoms with Crippen LogP contribution in [0, 0.1) is 5.92 Å². The van der Waals surface area contributed by atoms with Crippen LogP contribution in [0.1, 0.15) is 23.7 Å². The maximum Gasteiger partial charge on any atom is 0.257 e. The van der Waals surface area contributed by atoms with Crippen LogP contribution in [0.4, 0.5) is 0 Å². The first-order valence-corrected chi connectivity index (χ1v) is 6.86. The Labute approximate surface area is 114 Å². The summed E-state index contributed by atoms with van der Waals surface area (Å²) < 4.78 is 0. The molecule has 1 saturated heterocycles. The average Bonchev–Trinajstić information content (AvgIpc) is 2.35. The molecule has 2 rings (SSSR count). The molecule has 0 aromatic heterocycles. The minimum absolute atomic E-state index is 0.0167. The fraction of sp³-hybridized carbons (Fsp3) is 0.462. The number of carbonyl (C=O) groups excluding carboxylic acids is 1. The van der Waals surface area contributed by atoms with Crippen molar-refractivity contribution in [2.24, 2.45) is 5.92 Å². The number of rotatable bonds is 1. The zero-order chi connectivity index (χ0) is 13.3. The molecule has 0 bridgehead atoms. The normalized spacial score (nSPS) is 24.0. The van der Waals surface area contributed by atoms with Crippen molar-refractivity contribution >= 4 is 21.8 Å². The molecule has 98 valence electrons. The Kier molecular flexibility index (Phi) is 3.80. The molecule has 1 fully saturated rings. The van der Waals surface area contributed by atoms with Crippen molar-refractivity contribution in [2.75, 3.05) is 13.1 Å². The lowest BCUT2D eigenvalue weighted by Crippen LogP contribution is -2.43. The van der Waals surface area contributed by atoms with Gasteiger partial charge in [-0.3, -0.25) is 4.79 Å². The fourth-order valence-electron chi connectivity index (χ4n) is 2.07. The average molecular weight is 314 g/mol. The number of alkyl halides is 1. The summed E-state index contributed by atoms with van der Waals surface area (Å²) >= 11 is 3.56. The smallest absolute Gasteiger partial charge is 0.257 e. The van der Waals surface area contributed by atoms with Crippen LogP contribution in [0.2, 0.25) is 0 Å². The summed E-state index contributed by atoms with van der Waals surface area (Å²) in [6.07, 6.45) is 0.932. The second-order valence-electron chi connectivity index (χ2n) is 4.73. The summed E-state index contributed by atoms with van der Waals surface area (Å²) in [4.78, 5) is 14.2. The Morgan fingerprint density at radius 3 is 2.83 bits per heavy atom. The molecule has 1 aromatic carbocycles. The summed E-state index contributed by atoms with van der Waals surface area (Å²) in [5.74, 6) is 0.186. The molecule has 18 heavy (non-hydrogen) atoms. The minimum Gasteiger partial charge on any atom is -0.508 e. The van der Waals surface area contributed by atoms with E-state index in [1.54, 1.807) is 4.90 Å². The highest BCUT2D eigenvalue weighted by molar-refractivity contribution is 9.09. The number of hydrogen-bond acceptors (Lipinski definition) is 3. The van der Waals surface area contributed by atoms with E-state index in [4.69, 9.17) is 0 Å². The number of carbonyl (C=O) groups is 1. The van der Waals surface area contributed by atoms with Gasteiger partial charge in [-0.25, -0.2) is 0 Å². The first-order chi connectivity index (χ1) is 8.49. The summed E-state index contributed by atoms with van der Waals surface area (Å²) in [6.45, 7) is 3.44. The van der Waals surface area contributed by atoms with E-state index in [0.29, 0.717) is 19.0 Å². The van der Waals surface area contributed by atoms with Gasteiger partial charge in [0, 0.05) is 17.9 Å². The van der Waals surface area contributed by atoms with Gasteiger partial charge in [-0.15, -0.1) is 0 Å². The van der Waals surface area contributed by atoms with Crippen LogP contribution in [0.25, 0.3) is 0 Å². The third kappa shape index (κ3) is 2.61. The molecule has 4 nitrogen and oxygen atoms in total. The van der Waals surface area contributed by atoms with Gasteiger partial charge in [0.2, 0.25) is 0 Å². The van der Waals surface area contributed by atoms with Crippen molar-refractivity contribution in [3.8, 4) is 11.5 Å². The van der Waals surface area contributed by atoms with E-state index in [-0.39, 0.29) is 27.8 Å². The molecule has 2 N–H and O–H groups in total. The lowest BCUT2D eigenvalue weighted by atomic mass is 9.98. The first-order valence-electron chi connectivity index (χ1n) is 5.94. The van der Waals surface area contributed by atoms with Gasteiger partial charge >= 0.3 is 0 Å². The Morgan fingerprint density at radius 1 is 1.44 bits per heavy atom. The van der Waals surface area contributed by atoms with E-state index >= 15 is 0 Å². The van der Waals surface area contributed by atoms with Crippen LogP contribution in [0.15, 0.2) is 18.2 Å². The lowest BCUT2D eigenvalue weighted by molar-refractivity contribution is 0.0702. The molecule has 5 heteroatoms. The highest BCUT2D eigenvalue weighted by Crippen LogP contribution is 2.28. The molecule has 2 unspecified atom stereocenters. The Balaban J connectivity index is 2.19. The molecule has 2 atom stereocenters. The van der Waals surface area contributed by atoms with Crippen LogP contribution < -0.4 is 0 Å². The number of amides is 1. The summed E-state index contributed by atoms with van der Waals surface area (Å²) in [5.41, 5.74) is 0.157. The maximum absolute atomic E-state index is 12.3. The van der Waals surface area contributed by atoms with Crippen molar-refractivity contribution in [2.45, 2.75) is 18.2 Å². The number of piperidine rings is 1. The molecule has 0 spiro atoms. The number of phenols is 2. The highest BCUT2D eigenvalue weighted by atomic mass is 79.9. The van der Waals surface area contributed by atoms with Gasteiger partial charge < -0.3 is 15.1 Å². The molecule has 1 aliphatic heterocycles. The van der Waals surface area contributed by atoms with Gasteiger partial charge in [-0.05, 0) is 30.5 Å². The van der Waals surface area contributed by atoms with Gasteiger partial charge in [0.05, 0.1) is 5.56 Å². The molecule has 1 amide bonds. The summed E-state index contributed by atoms with van der Waals surface area (Å²) in [6, 6.07) is 4.00. The van der Waals surface area contributed by atoms with Crippen LogP contribution in [-0.4, -0.2) is 38.9 Å². The van der Waals surface area contributed by atoms with Gasteiger partial charge in [-0.2, -0.15) is 0 Å². The predicted molar refractivity (Wildman–Crippen MR) is 72.2 cm³/mol. The van der Waals surface area contributed by atoms with Crippen LogP contribution >= 0.6 is 15.9 Å². The van der Waals surface area contributed by atoms with Crippen molar-refractivity contribution in [3.05, 3.63) is 23.8 Å². The number of aromatic hydroxyl groups is 2. The minimum atomic E-state index is -0.236. The Hall–Kier alpha value is -1.23. The van der Waals surface area contributed by atoms with E-state index in [2.05, 4.69) is 22.9 Å². The van der Waals surface area contributed by atoms with Gasteiger partial charge in [-0.1, -0.05) is 22.9 Å². The third-order valence-electron chi connectivity index (χ3n) is 3.36. The summed E-state index contributed by atoms with van der Waals surface area (Å²) in [7, 11) is 0. The zero-order valence-corrected chi connectivity index (χ0v) is 11.7. The van der Waals surface area contributed by atoms with Gasteiger partial charge in [0.15, 0.2) is 0 Å². The van der Waals surface area contributed by atoms with Gasteiger partial charge in [0.25, 0.3) is 5.91 Å². The van der Waals surface area contributed by atoms with Crippen molar-refractivity contribution in [1.82, 2.24) is 4.90 Å². The van der Waals surface area contributed by atoms with Crippen molar-refractivity contribution in [1.29, 1.82) is 0 Å². The molecular weight excluding hydrogens is 298 g/mol. The van der Waals surface area contributed by atoms with Crippen LogP contribution in [0.5, 0.6) is 11.5 Å². The first kappa shape index (κ1) is 13.2. The molecule has 0 radical (unpaired) electrons. The quantitative estimate of drug-likeness (QED) is 0.618. The second kappa shape index (κ2) is 5.18. The molecule has 0 saturated carbocycles. The molecule has 1 heterocycles. The highest BCUT2D eigenvalue weighted by Gasteiger charge is 2.28. The number of nitrogens with zero attached hydrogens (tertiary/aromatic N) is 1. The SMILES string of the molecule is CC1CCN(C(=O)c2cc(O)ccc2O)CC1Br. The Morgan fingerprint density at radius 2 is 2.17 bits per heavy atom. The molecule has 1 aliphatic rings.